The first kappa shape index (κ1) is 10.4. The Morgan fingerprint density at radius 3 is 2.87 bits per heavy atom. The molecule has 1 aromatic carbocycles. The molecule has 1 unspecified atom stereocenters. The SMILES string of the molecule is OC(Cc1ccccc1Br)c1cn[nH]c1. The first-order valence-corrected chi connectivity index (χ1v) is 5.47. The average molecular weight is 267 g/mol. The van der Waals surface area contributed by atoms with Gasteiger partial charge in [-0.05, 0) is 11.6 Å². The second-order valence-electron chi connectivity index (χ2n) is 3.34. The number of nitrogens with zero attached hydrogens (tertiary/aromatic N) is 1. The van der Waals surface area contributed by atoms with Gasteiger partial charge in [0, 0.05) is 22.7 Å². The van der Waals surface area contributed by atoms with Crippen LogP contribution in [0.25, 0.3) is 0 Å². The molecule has 2 aromatic rings. The maximum Gasteiger partial charge on any atom is 0.0861 e. The van der Waals surface area contributed by atoms with Gasteiger partial charge in [0.05, 0.1) is 12.3 Å². The Labute approximate surface area is 96.3 Å². The van der Waals surface area contributed by atoms with E-state index >= 15 is 0 Å². The Hall–Kier alpha value is -1.13. The van der Waals surface area contributed by atoms with Crippen LogP contribution in [-0.4, -0.2) is 15.3 Å². The highest BCUT2D eigenvalue weighted by molar-refractivity contribution is 9.10. The molecular weight excluding hydrogens is 256 g/mol. The minimum absolute atomic E-state index is 0.512. The Morgan fingerprint density at radius 2 is 2.20 bits per heavy atom. The lowest BCUT2D eigenvalue weighted by molar-refractivity contribution is 0.178. The molecule has 0 saturated carbocycles. The maximum atomic E-state index is 9.91. The van der Waals surface area contributed by atoms with Gasteiger partial charge in [-0.2, -0.15) is 5.10 Å². The number of benzene rings is 1. The summed E-state index contributed by atoms with van der Waals surface area (Å²) >= 11 is 3.45. The smallest absolute Gasteiger partial charge is 0.0861 e. The number of aromatic nitrogens is 2. The van der Waals surface area contributed by atoms with Crippen LogP contribution < -0.4 is 0 Å². The third kappa shape index (κ3) is 2.46. The minimum Gasteiger partial charge on any atom is -0.388 e. The molecule has 1 heterocycles. The summed E-state index contributed by atoms with van der Waals surface area (Å²) in [7, 11) is 0. The molecule has 2 N–H and O–H groups in total. The van der Waals surface area contributed by atoms with Crippen molar-refractivity contribution in [1.29, 1.82) is 0 Å². The molecule has 0 aliphatic rings. The van der Waals surface area contributed by atoms with Gasteiger partial charge >= 0.3 is 0 Å². The summed E-state index contributed by atoms with van der Waals surface area (Å²) in [5.41, 5.74) is 1.90. The lowest BCUT2D eigenvalue weighted by Crippen LogP contribution is -2.00. The summed E-state index contributed by atoms with van der Waals surface area (Å²) in [5.74, 6) is 0. The molecule has 1 aromatic heterocycles. The summed E-state index contributed by atoms with van der Waals surface area (Å²) in [6.45, 7) is 0. The van der Waals surface area contributed by atoms with Crippen LogP contribution in [0.4, 0.5) is 0 Å². The van der Waals surface area contributed by atoms with Gasteiger partial charge in [-0.15, -0.1) is 0 Å². The number of H-pyrrole nitrogens is 1. The van der Waals surface area contributed by atoms with Crippen LogP contribution in [-0.2, 0) is 6.42 Å². The van der Waals surface area contributed by atoms with E-state index in [0.717, 1.165) is 15.6 Å². The predicted molar refractivity (Wildman–Crippen MR) is 61.4 cm³/mol. The Morgan fingerprint density at radius 1 is 1.40 bits per heavy atom. The standard InChI is InChI=1S/C11H11BrN2O/c12-10-4-2-1-3-8(10)5-11(15)9-6-13-14-7-9/h1-4,6-7,11,15H,5H2,(H,13,14). The van der Waals surface area contributed by atoms with Crippen molar-refractivity contribution >= 4 is 15.9 Å². The van der Waals surface area contributed by atoms with E-state index in [9.17, 15) is 5.11 Å². The summed E-state index contributed by atoms with van der Waals surface area (Å²) in [5, 5.41) is 16.4. The van der Waals surface area contributed by atoms with Crippen LogP contribution in [0, 0.1) is 0 Å². The molecule has 0 fully saturated rings. The second-order valence-corrected chi connectivity index (χ2v) is 4.20. The molecule has 0 spiro atoms. The quantitative estimate of drug-likeness (QED) is 0.897. The molecule has 2 rings (SSSR count). The molecule has 3 nitrogen and oxygen atoms in total. The van der Waals surface area contributed by atoms with Crippen molar-refractivity contribution in [2.75, 3.05) is 0 Å². The zero-order valence-corrected chi connectivity index (χ0v) is 9.61. The van der Waals surface area contributed by atoms with Gasteiger partial charge in [-0.25, -0.2) is 0 Å². The number of hydrogen-bond acceptors (Lipinski definition) is 2. The van der Waals surface area contributed by atoms with Crippen molar-refractivity contribution in [2.24, 2.45) is 0 Å². The van der Waals surface area contributed by atoms with Gasteiger partial charge < -0.3 is 5.11 Å². The van der Waals surface area contributed by atoms with Gasteiger partial charge in [0.15, 0.2) is 0 Å². The van der Waals surface area contributed by atoms with Gasteiger partial charge in [-0.3, -0.25) is 5.10 Å². The van der Waals surface area contributed by atoms with Crippen molar-refractivity contribution in [3.63, 3.8) is 0 Å². The average Bonchev–Trinajstić information content (AvgIpc) is 2.74. The molecule has 0 amide bonds. The van der Waals surface area contributed by atoms with Crippen molar-refractivity contribution in [3.05, 3.63) is 52.3 Å². The number of aliphatic hydroxyl groups excluding tert-OH is 1. The summed E-state index contributed by atoms with van der Waals surface area (Å²) in [4.78, 5) is 0. The van der Waals surface area contributed by atoms with Crippen LogP contribution in [0.5, 0.6) is 0 Å². The van der Waals surface area contributed by atoms with Crippen LogP contribution in [0.3, 0.4) is 0 Å². The molecule has 0 radical (unpaired) electrons. The third-order valence-corrected chi connectivity index (χ3v) is 3.05. The molecular formula is C11H11BrN2O. The van der Waals surface area contributed by atoms with E-state index in [1.54, 1.807) is 12.4 Å². The Kier molecular flexibility index (Phi) is 3.18. The lowest BCUT2D eigenvalue weighted by Gasteiger charge is -2.09. The van der Waals surface area contributed by atoms with Crippen LogP contribution in [0.2, 0.25) is 0 Å². The maximum absolute atomic E-state index is 9.91. The van der Waals surface area contributed by atoms with E-state index in [0.29, 0.717) is 6.42 Å². The Bertz CT molecular complexity index is 428. The molecule has 0 bridgehead atoms. The Balaban J connectivity index is 2.13. The fourth-order valence-electron chi connectivity index (χ4n) is 1.43. The van der Waals surface area contributed by atoms with Crippen molar-refractivity contribution in [2.45, 2.75) is 12.5 Å². The zero-order valence-electron chi connectivity index (χ0n) is 8.02. The number of halogens is 1. The van der Waals surface area contributed by atoms with Crippen molar-refractivity contribution < 1.29 is 5.11 Å². The fraction of sp³-hybridized carbons (Fsp3) is 0.182. The monoisotopic (exact) mass is 266 g/mol. The number of nitrogens with one attached hydrogen (secondary N) is 1. The van der Waals surface area contributed by atoms with E-state index in [1.807, 2.05) is 24.3 Å². The fourth-order valence-corrected chi connectivity index (χ4v) is 1.88. The van der Waals surface area contributed by atoms with Crippen LogP contribution in [0.15, 0.2) is 41.1 Å². The van der Waals surface area contributed by atoms with Gasteiger partial charge in [0.25, 0.3) is 0 Å². The molecule has 0 saturated heterocycles. The molecule has 15 heavy (non-hydrogen) atoms. The van der Waals surface area contributed by atoms with Crippen LogP contribution >= 0.6 is 15.9 Å². The molecule has 1 atom stereocenters. The number of hydrogen-bond donors (Lipinski definition) is 2. The highest BCUT2D eigenvalue weighted by Gasteiger charge is 2.10. The largest absolute Gasteiger partial charge is 0.388 e. The van der Waals surface area contributed by atoms with E-state index in [-0.39, 0.29) is 0 Å². The second kappa shape index (κ2) is 4.59. The third-order valence-electron chi connectivity index (χ3n) is 2.28. The molecule has 0 aliphatic carbocycles. The van der Waals surface area contributed by atoms with Crippen LogP contribution in [0.1, 0.15) is 17.2 Å². The van der Waals surface area contributed by atoms with Gasteiger partial charge in [-0.1, -0.05) is 34.1 Å². The number of rotatable bonds is 3. The highest BCUT2D eigenvalue weighted by atomic mass is 79.9. The molecule has 78 valence electrons. The van der Waals surface area contributed by atoms with Crippen molar-refractivity contribution in [1.82, 2.24) is 10.2 Å². The van der Waals surface area contributed by atoms with E-state index in [2.05, 4.69) is 26.1 Å². The summed E-state index contributed by atoms with van der Waals surface area (Å²) in [6.07, 6.45) is 3.42. The van der Waals surface area contributed by atoms with E-state index in [1.165, 1.54) is 0 Å². The van der Waals surface area contributed by atoms with E-state index in [4.69, 9.17) is 0 Å². The zero-order chi connectivity index (χ0) is 10.7. The number of aromatic amines is 1. The summed E-state index contributed by atoms with van der Waals surface area (Å²) in [6, 6.07) is 7.88. The van der Waals surface area contributed by atoms with E-state index < -0.39 is 6.10 Å². The molecule has 4 heteroatoms. The normalized spacial score (nSPS) is 12.7. The predicted octanol–water partition coefficient (Wildman–Crippen LogP) is 2.45. The van der Waals surface area contributed by atoms with Gasteiger partial charge in [0.2, 0.25) is 0 Å². The lowest BCUT2D eigenvalue weighted by atomic mass is 10.0. The summed E-state index contributed by atoms with van der Waals surface area (Å²) < 4.78 is 1.02. The topological polar surface area (TPSA) is 48.9 Å². The first-order valence-electron chi connectivity index (χ1n) is 4.67. The van der Waals surface area contributed by atoms with Gasteiger partial charge in [0.1, 0.15) is 0 Å². The van der Waals surface area contributed by atoms with Crippen molar-refractivity contribution in [3.8, 4) is 0 Å². The number of aliphatic hydroxyl groups is 1. The first-order chi connectivity index (χ1) is 7.27. The highest BCUT2D eigenvalue weighted by Crippen LogP contribution is 2.22. The minimum atomic E-state index is -0.512. The molecule has 0 aliphatic heterocycles.